The fourth-order valence-electron chi connectivity index (χ4n) is 2.12. The maximum atomic E-state index is 12.4. The Kier molecular flexibility index (Phi) is 4.22. The first kappa shape index (κ1) is 15.7. The Balaban J connectivity index is 2.17. The molecule has 116 valence electrons. The summed E-state index contributed by atoms with van der Waals surface area (Å²) in [6.07, 6.45) is -3.07. The van der Waals surface area contributed by atoms with Crippen LogP contribution in [0.25, 0.3) is 0 Å². The van der Waals surface area contributed by atoms with E-state index in [0.29, 0.717) is 5.75 Å². The summed E-state index contributed by atoms with van der Waals surface area (Å²) in [6.45, 7) is -1.29. The third-order valence-electron chi connectivity index (χ3n) is 3.20. The number of thioether (sulfide) groups is 1. The summed E-state index contributed by atoms with van der Waals surface area (Å²) in [5.41, 5.74) is -1.61. The van der Waals surface area contributed by atoms with Gasteiger partial charge in [-0.1, -0.05) is 0 Å². The van der Waals surface area contributed by atoms with Crippen LogP contribution in [-0.4, -0.2) is 44.8 Å². The lowest BCUT2D eigenvalue weighted by Gasteiger charge is -2.25. The highest BCUT2D eigenvalue weighted by atomic mass is 32.2. The summed E-state index contributed by atoms with van der Waals surface area (Å²) in [4.78, 5) is 23.4. The van der Waals surface area contributed by atoms with Crippen molar-refractivity contribution in [2.24, 2.45) is 0 Å². The summed E-state index contributed by atoms with van der Waals surface area (Å²) < 4.78 is 38.0. The van der Waals surface area contributed by atoms with Crippen LogP contribution in [0.4, 0.5) is 13.2 Å². The number of alkyl halides is 3. The lowest BCUT2D eigenvalue weighted by molar-refractivity contribution is -0.144. The van der Waals surface area contributed by atoms with Gasteiger partial charge >= 0.3 is 12.1 Å². The van der Waals surface area contributed by atoms with Crippen LogP contribution >= 0.6 is 11.8 Å². The van der Waals surface area contributed by atoms with Gasteiger partial charge in [-0.05, 0) is 24.3 Å². The fourth-order valence-corrected chi connectivity index (χ4v) is 3.44. The summed E-state index contributed by atoms with van der Waals surface area (Å²) in [5, 5.41) is 11.6. The van der Waals surface area contributed by atoms with Gasteiger partial charge in [0.2, 0.25) is 0 Å². The number of carboxylic acids is 1. The molecule has 0 radical (unpaired) electrons. The number of aromatic nitrogens is 1. The number of aliphatic carboxylic acids is 1. The molecule has 5 nitrogen and oxygen atoms in total. The molecule has 0 aromatic carbocycles. The summed E-state index contributed by atoms with van der Waals surface area (Å²) in [5.74, 6) is -1.20. The van der Waals surface area contributed by atoms with Crippen molar-refractivity contribution in [3.8, 4) is 0 Å². The molecule has 0 aliphatic carbocycles. The molecule has 9 heteroatoms. The van der Waals surface area contributed by atoms with Gasteiger partial charge in [0, 0.05) is 11.9 Å². The lowest BCUT2D eigenvalue weighted by Crippen LogP contribution is -2.55. The lowest BCUT2D eigenvalue weighted by atomic mass is 9.99. The Morgan fingerprint density at radius 3 is 2.71 bits per heavy atom. The molecule has 1 aromatic heterocycles. The van der Waals surface area contributed by atoms with Crippen molar-refractivity contribution < 1.29 is 27.9 Å². The molecule has 1 atom stereocenters. The summed E-state index contributed by atoms with van der Waals surface area (Å²) >= 11 is 1.38. The van der Waals surface area contributed by atoms with Crippen LogP contribution in [0.3, 0.4) is 0 Å². The molecular formula is C12H13F3N2O3S. The van der Waals surface area contributed by atoms with Crippen LogP contribution < -0.4 is 5.32 Å². The molecule has 1 saturated heterocycles. The number of nitrogens with one attached hydrogen (secondary N) is 1. The predicted molar refractivity (Wildman–Crippen MR) is 70.3 cm³/mol. The number of halogens is 3. The van der Waals surface area contributed by atoms with Gasteiger partial charge in [-0.15, -0.1) is 0 Å². The van der Waals surface area contributed by atoms with E-state index in [1.54, 1.807) is 0 Å². The van der Waals surface area contributed by atoms with E-state index in [1.807, 2.05) is 0 Å². The number of nitrogens with zero attached hydrogens (tertiary/aromatic N) is 1. The van der Waals surface area contributed by atoms with E-state index in [4.69, 9.17) is 0 Å². The third kappa shape index (κ3) is 3.52. The second-order valence-electron chi connectivity index (χ2n) is 4.78. The summed E-state index contributed by atoms with van der Waals surface area (Å²) in [7, 11) is 0. The van der Waals surface area contributed by atoms with Gasteiger partial charge in [0.25, 0.3) is 5.91 Å². The Labute approximate surface area is 122 Å². The Morgan fingerprint density at radius 1 is 1.48 bits per heavy atom. The number of carboxylic acid groups (broad SMARTS) is 1. The normalized spacial score (nSPS) is 22.2. The number of amides is 1. The maximum absolute atomic E-state index is 12.4. The SMILES string of the molecule is O=C(NC1(C(=O)O)CCSC1)c1cccn1CC(F)(F)F. The molecule has 21 heavy (non-hydrogen) atoms. The quantitative estimate of drug-likeness (QED) is 0.886. The largest absolute Gasteiger partial charge is 0.479 e. The summed E-state index contributed by atoms with van der Waals surface area (Å²) in [6, 6.07) is 2.55. The van der Waals surface area contributed by atoms with Gasteiger partial charge in [0.05, 0.1) is 0 Å². The predicted octanol–water partition coefficient (Wildman–Crippen LogP) is 1.74. The molecule has 0 bridgehead atoms. The fraction of sp³-hybridized carbons (Fsp3) is 0.500. The van der Waals surface area contributed by atoms with E-state index in [9.17, 15) is 27.9 Å². The zero-order valence-electron chi connectivity index (χ0n) is 10.8. The molecule has 1 aliphatic rings. The Morgan fingerprint density at radius 2 is 2.19 bits per heavy atom. The average Bonchev–Trinajstić information content (AvgIpc) is 2.96. The second kappa shape index (κ2) is 5.63. The molecule has 1 aliphatic heterocycles. The Bertz CT molecular complexity index is 550. The minimum Gasteiger partial charge on any atom is -0.479 e. The van der Waals surface area contributed by atoms with Crippen molar-refractivity contribution in [3.63, 3.8) is 0 Å². The van der Waals surface area contributed by atoms with Gasteiger partial charge in [-0.3, -0.25) is 4.79 Å². The molecule has 0 spiro atoms. The molecule has 2 N–H and O–H groups in total. The average molecular weight is 322 g/mol. The number of carbonyl (C=O) groups excluding carboxylic acids is 1. The standard InChI is InChI=1S/C12H13F3N2O3S/c13-12(14,15)6-17-4-1-2-8(17)9(18)16-11(10(19)20)3-5-21-7-11/h1-2,4H,3,5-7H2,(H,16,18)(H,19,20). The highest BCUT2D eigenvalue weighted by molar-refractivity contribution is 7.99. The molecule has 1 unspecified atom stereocenters. The van der Waals surface area contributed by atoms with Crippen LogP contribution in [0.5, 0.6) is 0 Å². The maximum Gasteiger partial charge on any atom is 0.406 e. The van der Waals surface area contributed by atoms with Crippen LogP contribution in [0, 0.1) is 0 Å². The zero-order chi connectivity index (χ0) is 15.7. The van der Waals surface area contributed by atoms with E-state index in [2.05, 4.69) is 5.32 Å². The highest BCUT2D eigenvalue weighted by Gasteiger charge is 2.43. The highest BCUT2D eigenvalue weighted by Crippen LogP contribution is 2.29. The number of carbonyl (C=O) groups is 2. The van der Waals surface area contributed by atoms with Crippen LogP contribution in [0.1, 0.15) is 16.9 Å². The van der Waals surface area contributed by atoms with Gasteiger partial charge in [0.1, 0.15) is 17.8 Å². The number of rotatable bonds is 4. The van der Waals surface area contributed by atoms with Gasteiger partial charge in [0.15, 0.2) is 0 Å². The minimum absolute atomic E-state index is 0.202. The van der Waals surface area contributed by atoms with E-state index < -0.39 is 30.1 Å². The van der Waals surface area contributed by atoms with Gasteiger partial charge in [-0.25, -0.2) is 4.79 Å². The molecular weight excluding hydrogens is 309 g/mol. The van der Waals surface area contributed by atoms with Gasteiger partial charge in [-0.2, -0.15) is 24.9 Å². The second-order valence-corrected chi connectivity index (χ2v) is 5.89. The van der Waals surface area contributed by atoms with Crippen molar-refractivity contribution in [2.75, 3.05) is 11.5 Å². The van der Waals surface area contributed by atoms with Crippen LogP contribution in [0.2, 0.25) is 0 Å². The molecule has 1 fully saturated rings. The molecule has 2 rings (SSSR count). The zero-order valence-corrected chi connectivity index (χ0v) is 11.6. The van der Waals surface area contributed by atoms with Crippen molar-refractivity contribution in [1.29, 1.82) is 0 Å². The van der Waals surface area contributed by atoms with Crippen LogP contribution in [0.15, 0.2) is 18.3 Å². The monoisotopic (exact) mass is 322 g/mol. The first-order valence-electron chi connectivity index (χ1n) is 6.09. The first-order valence-corrected chi connectivity index (χ1v) is 7.24. The minimum atomic E-state index is -4.46. The molecule has 1 aromatic rings. The Hall–Kier alpha value is -1.64. The number of hydrogen-bond acceptors (Lipinski definition) is 3. The first-order chi connectivity index (χ1) is 9.73. The van der Waals surface area contributed by atoms with Crippen molar-refractivity contribution in [3.05, 3.63) is 24.0 Å². The van der Waals surface area contributed by atoms with E-state index >= 15 is 0 Å². The van der Waals surface area contributed by atoms with Crippen molar-refractivity contribution in [1.82, 2.24) is 9.88 Å². The van der Waals surface area contributed by atoms with Crippen LogP contribution in [-0.2, 0) is 11.3 Å². The topological polar surface area (TPSA) is 71.3 Å². The van der Waals surface area contributed by atoms with Crippen molar-refractivity contribution >= 4 is 23.6 Å². The molecule has 1 amide bonds. The van der Waals surface area contributed by atoms with E-state index in [-0.39, 0.29) is 17.9 Å². The third-order valence-corrected chi connectivity index (χ3v) is 4.39. The molecule has 2 heterocycles. The number of hydrogen-bond donors (Lipinski definition) is 2. The van der Waals surface area contributed by atoms with E-state index in [1.165, 1.54) is 23.9 Å². The van der Waals surface area contributed by atoms with Gasteiger partial charge < -0.3 is 15.0 Å². The van der Waals surface area contributed by atoms with Crippen molar-refractivity contribution in [2.45, 2.75) is 24.7 Å². The molecule has 0 saturated carbocycles. The smallest absolute Gasteiger partial charge is 0.406 e. The van der Waals surface area contributed by atoms with E-state index in [0.717, 1.165) is 10.8 Å².